The minimum Gasteiger partial charge on any atom is -0.508 e. The number of carbonyl (C=O) groups excluding carboxylic acids is 1. The number of aromatic nitrogens is 1. The molecule has 1 aromatic carbocycles. The third-order valence-electron chi connectivity index (χ3n) is 3.00. The van der Waals surface area contributed by atoms with E-state index < -0.39 is 11.5 Å². The van der Waals surface area contributed by atoms with E-state index in [1.54, 1.807) is 32.0 Å². The quantitative estimate of drug-likeness (QED) is 0.828. The molecule has 0 aliphatic carbocycles. The van der Waals surface area contributed by atoms with Gasteiger partial charge in [0.15, 0.2) is 0 Å². The Morgan fingerprint density at radius 3 is 2.67 bits per heavy atom. The minimum atomic E-state index is -0.779. The standard InChI is InChI=1S/C15H15N3O3/c1-9-6-10(2)18(15(21)13(9)14(16)20)17-8-11-4-3-5-12(19)7-11/h3-8,19H,1-2H3,(H2,16,20)/b17-8-. The first-order valence-electron chi connectivity index (χ1n) is 6.26. The number of hydrogen-bond donors (Lipinski definition) is 2. The van der Waals surface area contributed by atoms with E-state index in [4.69, 9.17) is 5.73 Å². The van der Waals surface area contributed by atoms with Gasteiger partial charge in [-0.25, -0.2) is 4.68 Å². The lowest BCUT2D eigenvalue weighted by Gasteiger charge is -2.08. The van der Waals surface area contributed by atoms with Gasteiger partial charge in [0.1, 0.15) is 11.3 Å². The molecular formula is C15H15N3O3. The number of phenolic OH excluding ortho intramolecular Hbond substituents is 1. The Kier molecular flexibility index (Phi) is 3.89. The zero-order chi connectivity index (χ0) is 15.6. The molecule has 108 valence electrons. The molecular weight excluding hydrogens is 270 g/mol. The fourth-order valence-electron chi connectivity index (χ4n) is 2.05. The van der Waals surface area contributed by atoms with Gasteiger partial charge < -0.3 is 10.8 Å². The molecule has 2 aromatic rings. The van der Waals surface area contributed by atoms with Crippen molar-refractivity contribution in [2.75, 3.05) is 0 Å². The number of nitrogens with two attached hydrogens (primary N) is 1. The van der Waals surface area contributed by atoms with Gasteiger partial charge in [0.2, 0.25) is 0 Å². The molecule has 6 nitrogen and oxygen atoms in total. The number of phenols is 1. The van der Waals surface area contributed by atoms with Crippen LogP contribution in [-0.2, 0) is 0 Å². The topological polar surface area (TPSA) is 97.7 Å². The molecule has 3 N–H and O–H groups in total. The van der Waals surface area contributed by atoms with Crippen LogP contribution in [0.25, 0.3) is 0 Å². The van der Waals surface area contributed by atoms with Crippen LogP contribution in [-0.4, -0.2) is 21.9 Å². The van der Waals surface area contributed by atoms with E-state index in [9.17, 15) is 14.7 Å². The van der Waals surface area contributed by atoms with Gasteiger partial charge in [-0.2, -0.15) is 5.10 Å². The van der Waals surface area contributed by atoms with Crippen molar-refractivity contribution in [3.63, 3.8) is 0 Å². The molecule has 21 heavy (non-hydrogen) atoms. The highest BCUT2D eigenvalue weighted by Crippen LogP contribution is 2.09. The van der Waals surface area contributed by atoms with Crippen LogP contribution in [0.4, 0.5) is 0 Å². The van der Waals surface area contributed by atoms with Gasteiger partial charge in [-0.15, -0.1) is 0 Å². The Labute approximate surface area is 121 Å². The van der Waals surface area contributed by atoms with Crippen molar-refractivity contribution in [1.82, 2.24) is 4.68 Å². The van der Waals surface area contributed by atoms with Crippen LogP contribution in [0.5, 0.6) is 5.75 Å². The highest BCUT2D eigenvalue weighted by Gasteiger charge is 2.14. The van der Waals surface area contributed by atoms with Crippen molar-refractivity contribution in [2.24, 2.45) is 10.8 Å². The number of rotatable bonds is 3. The van der Waals surface area contributed by atoms with Crippen LogP contribution in [0.1, 0.15) is 27.2 Å². The van der Waals surface area contributed by atoms with E-state index in [2.05, 4.69) is 5.10 Å². The molecule has 0 fully saturated rings. The molecule has 6 heteroatoms. The smallest absolute Gasteiger partial charge is 0.284 e. The van der Waals surface area contributed by atoms with E-state index in [1.807, 2.05) is 0 Å². The van der Waals surface area contributed by atoms with Crippen molar-refractivity contribution >= 4 is 12.1 Å². The van der Waals surface area contributed by atoms with Gasteiger partial charge in [0, 0.05) is 5.69 Å². The molecule has 0 saturated heterocycles. The largest absolute Gasteiger partial charge is 0.508 e. The predicted octanol–water partition coefficient (Wildman–Crippen LogP) is 1.15. The summed E-state index contributed by atoms with van der Waals surface area (Å²) in [6, 6.07) is 8.10. The number of aromatic hydroxyl groups is 1. The van der Waals surface area contributed by atoms with Crippen molar-refractivity contribution in [1.29, 1.82) is 0 Å². The van der Waals surface area contributed by atoms with Crippen molar-refractivity contribution in [3.05, 3.63) is 63.1 Å². The summed E-state index contributed by atoms with van der Waals surface area (Å²) in [5.41, 5.74) is 6.32. The number of carbonyl (C=O) groups is 1. The zero-order valence-corrected chi connectivity index (χ0v) is 11.7. The highest BCUT2D eigenvalue weighted by molar-refractivity contribution is 5.93. The first kappa shape index (κ1) is 14.5. The Morgan fingerprint density at radius 2 is 2.05 bits per heavy atom. The van der Waals surface area contributed by atoms with Crippen LogP contribution in [0, 0.1) is 13.8 Å². The molecule has 1 aromatic heterocycles. The SMILES string of the molecule is Cc1cc(C)n(/N=C\c2cccc(O)c2)c(=O)c1C(N)=O. The van der Waals surface area contributed by atoms with Gasteiger partial charge in [-0.3, -0.25) is 9.59 Å². The maximum absolute atomic E-state index is 12.2. The summed E-state index contributed by atoms with van der Waals surface area (Å²) in [5, 5.41) is 13.4. The molecule has 0 spiro atoms. The van der Waals surface area contributed by atoms with Crippen molar-refractivity contribution in [2.45, 2.75) is 13.8 Å². The lowest BCUT2D eigenvalue weighted by Crippen LogP contribution is -2.30. The van der Waals surface area contributed by atoms with Crippen molar-refractivity contribution < 1.29 is 9.90 Å². The molecule has 0 aliphatic heterocycles. The summed E-state index contributed by atoms with van der Waals surface area (Å²) >= 11 is 0. The number of primary amides is 1. The van der Waals surface area contributed by atoms with Crippen LogP contribution in [0.2, 0.25) is 0 Å². The summed E-state index contributed by atoms with van der Waals surface area (Å²) in [6.45, 7) is 3.36. The number of pyridine rings is 1. The normalized spacial score (nSPS) is 11.0. The average Bonchev–Trinajstić information content (AvgIpc) is 2.37. The Bertz CT molecular complexity index is 791. The molecule has 1 amide bonds. The molecule has 0 atom stereocenters. The first-order valence-corrected chi connectivity index (χ1v) is 6.26. The van der Waals surface area contributed by atoms with E-state index in [0.717, 1.165) is 4.68 Å². The number of amides is 1. The van der Waals surface area contributed by atoms with E-state index in [1.165, 1.54) is 18.3 Å². The van der Waals surface area contributed by atoms with Gasteiger partial charge in [0.25, 0.3) is 11.5 Å². The Hall–Kier alpha value is -2.89. The summed E-state index contributed by atoms with van der Waals surface area (Å²) in [7, 11) is 0. The number of aryl methyl sites for hydroxylation is 2. The second-order valence-electron chi connectivity index (χ2n) is 4.66. The average molecular weight is 285 g/mol. The van der Waals surface area contributed by atoms with E-state index in [0.29, 0.717) is 16.8 Å². The molecule has 0 saturated carbocycles. The number of benzene rings is 1. The van der Waals surface area contributed by atoms with Crippen LogP contribution in [0.15, 0.2) is 40.2 Å². The molecule has 0 unspecified atom stereocenters. The maximum Gasteiger partial charge on any atom is 0.284 e. The zero-order valence-electron chi connectivity index (χ0n) is 11.7. The molecule has 0 radical (unpaired) electrons. The minimum absolute atomic E-state index is 0.0753. The fourth-order valence-corrected chi connectivity index (χ4v) is 2.05. The number of hydrogen-bond acceptors (Lipinski definition) is 4. The molecule has 0 bridgehead atoms. The van der Waals surface area contributed by atoms with Gasteiger partial charge in [-0.05, 0) is 43.2 Å². The number of nitrogens with zero attached hydrogens (tertiary/aromatic N) is 2. The monoisotopic (exact) mass is 285 g/mol. The molecule has 1 heterocycles. The van der Waals surface area contributed by atoms with E-state index in [-0.39, 0.29) is 11.3 Å². The lowest BCUT2D eigenvalue weighted by molar-refractivity contribution is 0.0997. The van der Waals surface area contributed by atoms with Gasteiger partial charge in [-0.1, -0.05) is 12.1 Å². The second kappa shape index (κ2) is 5.62. The summed E-state index contributed by atoms with van der Waals surface area (Å²) < 4.78 is 1.11. The van der Waals surface area contributed by atoms with Crippen LogP contribution < -0.4 is 11.3 Å². The van der Waals surface area contributed by atoms with Gasteiger partial charge in [0.05, 0.1) is 6.21 Å². The third kappa shape index (κ3) is 3.00. The maximum atomic E-state index is 12.2. The van der Waals surface area contributed by atoms with Crippen LogP contribution in [0.3, 0.4) is 0 Å². The second-order valence-corrected chi connectivity index (χ2v) is 4.66. The Balaban J connectivity index is 2.52. The fraction of sp³-hybridized carbons (Fsp3) is 0.133. The lowest BCUT2D eigenvalue weighted by atomic mass is 10.1. The van der Waals surface area contributed by atoms with Crippen LogP contribution >= 0.6 is 0 Å². The molecule has 0 aliphatic rings. The summed E-state index contributed by atoms with van der Waals surface area (Å²) in [4.78, 5) is 23.6. The van der Waals surface area contributed by atoms with E-state index >= 15 is 0 Å². The first-order chi connectivity index (χ1) is 9.90. The third-order valence-corrected chi connectivity index (χ3v) is 3.00. The van der Waals surface area contributed by atoms with Gasteiger partial charge >= 0.3 is 0 Å². The van der Waals surface area contributed by atoms with Crippen molar-refractivity contribution in [3.8, 4) is 5.75 Å². The Morgan fingerprint density at radius 1 is 1.33 bits per heavy atom. The predicted molar refractivity (Wildman–Crippen MR) is 79.8 cm³/mol. The highest BCUT2D eigenvalue weighted by atomic mass is 16.3. The molecule has 2 rings (SSSR count). The summed E-state index contributed by atoms with van der Waals surface area (Å²) in [6.07, 6.45) is 1.42. The summed E-state index contributed by atoms with van der Waals surface area (Å²) in [5.74, 6) is -0.677.